The van der Waals surface area contributed by atoms with Gasteiger partial charge in [-0.05, 0) is 36.3 Å². The lowest BCUT2D eigenvalue weighted by Gasteiger charge is -2.36. The second-order valence-corrected chi connectivity index (χ2v) is 9.31. The number of aromatic nitrogens is 3. The maximum absolute atomic E-state index is 12.2. The van der Waals surface area contributed by atoms with Gasteiger partial charge in [0.05, 0.1) is 5.69 Å². The second kappa shape index (κ2) is 7.20. The maximum atomic E-state index is 12.2. The number of rotatable bonds is 2. The van der Waals surface area contributed by atoms with E-state index < -0.39 is 17.4 Å². The lowest BCUT2D eigenvalue weighted by atomic mass is 9.69. The largest absolute Gasteiger partial charge is 0.369 e. The van der Waals surface area contributed by atoms with Gasteiger partial charge in [-0.2, -0.15) is 5.10 Å². The van der Waals surface area contributed by atoms with Crippen molar-refractivity contribution < 1.29 is 14.7 Å². The number of pyridine rings is 1. The number of hydrogen-bond acceptors (Lipinski definition) is 5. The summed E-state index contributed by atoms with van der Waals surface area (Å²) in [6.45, 7) is 7.04. The van der Waals surface area contributed by atoms with Crippen molar-refractivity contribution in [1.82, 2.24) is 19.7 Å². The molecule has 1 fully saturated rings. The van der Waals surface area contributed by atoms with Crippen molar-refractivity contribution in [2.45, 2.75) is 45.6 Å². The van der Waals surface area contributed by atoms with E-state index in [1.165, 1.54) is 4.90 Å². The number of aliphatic hydroxyl groups is 1. The zero-order chi connectivity index (χ0) is 22.6. The van der Waals surface area contributed by atoms with Crippen LogP contribution in [0.15, 0.2) is 18.3 Å². The Bertz CT molecular complexity index is 1140. The summed E-state index contributed by atoms with van der Waals surface area (Å²) >= 11 is 0. The number of carbonyl (C=O) groups excluding carboxylic acids is 2. The molecule has 2 aliphatic rings. The van der Waals surface area contributed by atoms with Crippen LogP contribution in [0, 0.1) is 23.2 Å². The fourth-order valence-electron chi connectivity index (χ4n) is 4.21. The topological polar surface area (TPSA) is 114 Å². The lowest BCUT2D eigenvalue weighted by Crippen LogP contribution is -2.37. The van der Waals surface area contributed by atoms with Crippen molar-refractivity contribution in [3.8, 4) is 17.7 Å². The Kier molecular flexibility index (Phi) is 4.90. The number of amides is 2. The Hall–Kier alpha value is -3.18. The zero-order valence-corrected chi connectivity index (χ0v) is 18.3. The summed E-state index contributed by atoms with van der Waals surface area (Å²) in [6, 6.07) is 3.45. The average molecular weight is 422 g/mol. The predicted molar refractivity (Wildman–Crippen MR) is 114 cm³/mol. The number of likely N-dealkylation sites (N-methyl/N-ethyl adjacent to an activating group) is 1. The van der Waals surface area contributed by atoms with Gasteiger partial charge in [0.25, 0.3) is 11.8 Å². The Morgan fingerprint density at radius 2 is 2.13 bits per heavy atom. The molecule has 0 radical (unpaired) electrons. The van der Waals surface area contributed by atoms with Gasteiger partial charge in [-0.15, -0.1) is 0 Å². The van der Waals surface area contributed by atoms with Crippen LogP contribution in [0.25, 0.3) is 5.82 Å². The van der Waals surface area contributed by atoms with E-state index in [4.69, 9.17) is 5.73 Å². The van der Waals surface area contributed by atoms with Crippen LogP contribution < -0.4 is 5.73 Å². The van der Waals surface area contributed by atoms with Crippen LogP contribution in [0.2, 0.25) is 0 Å². The molecule has 2 aromatic rings. The van der Waals surface area contributed by atoms with Crippen molar-refractivity contribution in [3.05, 3.63) is 40.8 Å². The molecule has 2 atom stereocenters. The Balaban J connectivity index is 1.75. The first-order chi connectivity index (χ1) is 14.5. The maximum Gasteiger partial charge on any atom is 0.269 e. The Labute approximate surface area is 181 Å². The molecule has 1 aliphatic heterocycles. The highest BCUT2D eigenvalue weighted by molar-refractivity contribution is 5.93. The number of nitrogens with zero attached hydrogens (tertiary/aromatic N) is 4. The van der Waals surface area contributed by atoms with Gasteiger partial charge in [0, 0.05) is 37.3 Å². The van der Waals surface area contributed by atoms with Gasteiger partial charge in [-0.25, -0.2) is 9.67 Å². The van der Waals surface area contributed by atoms with E-state index in [0.717, 1.165) is 24.1 Å². The minimum atomic E-state index is -1.66. The van der Waals surface area contributed by atoms with Crippen molar-refractivity contribution in [2.75, 3.05) is 13.6 Å². The van der Waals surface area contributed by atoms with E-state index in [0.29, 0.717) is 23.8 Å². The standard InChI is InChI=1S/C23H27N5O3/c1-14-11-16-17(13-22(14,2)3)28(26-19(16)20(24)29)18-12-15(6-9-25-18)5-7-23(31)8-10-27(4)21(23)30/h6,9,12,14,31H,8,10-11,13H2,1-4H3,(H2,24,29)/t14-,23-/m0/s1. The van der Waals surface area contributed by atoms with Crippen LogP contribution in [0.4, 0.5) is 0 Å². The average Bonchev–Trinajstić information content (AvgIpc) is 3.20. The number of carbonyl (C=O) groups is 2. The molecule has 162 valence electrons. The van der Waals surface area contributed by atoms with Crippen molar-refractivity contribution in [1.29, 1.82) is 0 Å². The lowest BCUT2D eigenvalue weighted by molar-refractivity contribution is -0.137. The van der Waals surface area contributed by atoms with E-state index in [1.807, 2.05) is 0 Å². The Morgan fingerprint density at radius 1 is 1.39 bits per heavy atom. The van der Waals surface area contributed by atoms with Crippen LogP contribution in [0.5, 0.6) is 0 Å². The van der Waals surface area contributed by atoms with Gasteiger partial charge in [0.1, 0.15) is 0 Å². The summed E-state index contributed by atoms with van der Waals surface area (Å²) in [7, 11) is 1.64. The Morgan fingerprint density at radius 3 is 2.77 bits per heavy atom. The predicted octanol–water partition coefficient (Wildman–Crippen LogP) is 1.07. The van der Waals surface area contributed by atoms with Crippen molar-refractivity contribution >= 4 is 11.8 Å². The molecule has 8 heteroatoms. The minimum absolute atomic E-state index is 0.0370. The van der Waals surface area contributed by atoms with Crippen molar-refractivity contribution in [2.24, 2.45) is 17.1 Å². The molecule has 8 nitrogen and oxygen atoms in total. The van der Waals surface area contributed by atoms with Crippen LogP contribution in [0.3, 0.4) is 0 Å². The summed E-state index contributed by atoms with van der Waals surface area (Å²) < 4.78 is 1.68. The molecule has 1 aliphatic carbocycles. The molecule has 3 heterocycles. The fourth-order valence-corrected chi connectivity index (χ4v) is 4.21. The highest BCUT2D eigenvalue weighted by atomic mass is 16.3. The highest BCUT2D eigenvalue weighted by Gasteiger charge is 2.42. The SMILES string of the molecule is C[C@H]1Cc2c(C(N)=O)nn(-c3cc(C#C[C@]4(O)CCN(C)C4=O)ccn3)c2CC1(C)C. The summed E-state index contributed by atoms with van der Waals surface area (Å²) in [6.07, 6.45) is 3.33. The van der Waals surface area contributed by atoms with E-state index in [-0.39, 0.29) is 17.5 Å². The third-order valence-corrected chi connectivity index (χ3v) is 6.68. The molecule has 3 N–H and O–H groups in total. The van der Waals surface area contributed by atoms with E-state index in [1.54, 1.807) is 30.1 Å². The molecular formula is C23H27N5O3. The quantitative estimate of drug-likeness (QED) is 0.704. The molecule has 0 spiro atoms. The normalized spacial score (nSPS) is 24.5. The van der Waals surface area contributed by atoms with Gasteiger partial charge >= 0.3 is 0 Å². The van der Waals surface area contributed by atoms with E-state index in [2.05, 4.69) is 42.7 Å². The monoisotopic (exact) mass is 421 g/mol. The van der Waals surface area contributed by atoms with Crippen molar-refractivity contribution in [3.63, 3.8) is 0 Å². The first kappa shape index (κ1) is 21.1. The molecule has 1 saturated heterocycles. The molecular weight excluding hydrogens is 394 g/mol. The summed E-state index contributed by atoms with van der Waals surface area (Å²) in [5.74, 6) is 5.57. The number of fused-ring (bicyclic) bond motifs is 1. The molecule has 31 heavy (non-hydrogen) atoms. The molecule has 0 aromatic carbocycles. The molecule has 2 amide bonds. The van der Waals surface area contributed by atoms with Gasteiger partial charge in [-0.1, -0.05) is 32.6 Å². The molecule has 0 bridgehead atoms. The first-order valence-electron chi connectivity index (χ1n) is 10.4. The van der Waals surface area contributed by atoms with Crippen LogP contribution >= 0.6 is 0 Å². The summed E-state index contributed by atoms with van der Waals surface area (Å²) in [5.41, 5.74) is 6.67. The van der Waals surface area contributed by atoms with Crippen LogP contribution in [-0.2, 0) is 17.6 Å². The van der Waals surface area contributed by atoms with Crippen LogP contribution in [0.1, 0.15) is 54.5 Å². The second-order valence-electron chi connectivity index (χ2n) is 9.31. The van der Waals surface area contributed by atoms with Gasteiger partial charge in [0.2, 0.25) is 5.60 Å². The zero-order valence-electron chi connectivity index (χ0n) is 18.3. The highest BCUT2D eigenvalue weighted by Crippen LogP contribution is 2.41. The third-order valence-electron chi connectivity index (χ3n) is 6.68. The minimum Gasteiger partial charge on any atom is -0.369 e. The molecule has 0 unspecified atom stereocenters. The van der Waals surface area contributed by atoms with Crippen LogP contribution in [-0.4, -0.2) is 55.8 Å². The van der Waals surface area contributed by atoms with E-state index in [9.17, 15) is 14.7 Å². The fraction of sp³-hybridized carbons (Fsp3) is 0.478. The molecule has 0 saturated carbocycles. The summed E-state index contributed by atoms with van der Waals surface area (Å²) in [5, 5.41) is 15.0. The number of hydrogen-bond donors (Lipinski definition) is 2. The van der Waals surface area contributed by atoms with Gasteiger partial charge < -0.3 is 15.7 Å². The van der Waals surface area contributed by atoms with Gasteiger partial charge in [-0.3, -0.25) is 9.59 Å². The number of likely N-dealkylation sites (tertiary alicyclic amines) is 1. The smallest absolute Gasteiger partial charge is 0.269 e. The summed E-state index contributed by atoms with van der Waals surface area (Å²) in [4.78, 5) is 30.1. The third kappa shape index (κ3) is 3.59. The van der Waals surface area contributed by atoms with Gasteiger partial charge in [0.15, 0.2) is 11.5 Å². The number of primary amides is 1. The number of nitrogens with two attached hydrogens (primary N) is 1. The first-order valence-corrected chi connectivity index (χ1v) is 10.4. The molecule has 4 rings (SSSR count). The molecule has 2 aromatic heterocycles. The van der Waals surface area contributed by atoms with E-state index >= 15 is 0 Å².